The van der Waals surface area contributed by atoms with E-state index >= 15 is 0 Å². The van der Waals surface area contributed by atoms with Crippen molar-refractivity contribution in [2.45, 2.75) is 23.4 Å². The highest BCUT2D eigenvalue weighted by Gasteiger charge is 2.87. The molecule has 0 aromatic heterocycles. The Morgan fingerprint density at radius 2 is 1.74 bits per heavy atom. The van der Waals surface area contributed by atoms with Crippen molar-refractivity contribution in [1.82, 2.24) is 5.32 Å². The Morgan fingerprint density at radius 1 is 1.11 bits per heavy atom. The smallest absolute Gasteiger partial charge is 0.416 e. The van der Waals surface area contributed by atoms with Gasteiger partial charge in [-0.1, -0.05) is 48.5 Å². The second-order valence-corrected chi connectivity index (χ2v) is 6.41. The van der Waals surface area contributed by atoms with Crippen LogP contribution in [0.1, 0.15) is 22.6 Å². The van der Waals surface area contributed by atoms with Crippen LogP contribution in [0.4, 0.5) is 13.2 Å². The standard InChI is InChI=1S/C19H14F3NO4/c1-26-16(25)17-14(11-7-3-2-4-8-11)15(24)27-18(17,23-17)12-9-5-6-10-13(12)19(20,21)22/h2-10,14,23H,1H3. The summed E-state index contributed by atoms with van der Waals surface area (Å²) in [6.45, 7) is 0. The van der Waals surface area contributed by atoms with Crippen molar-refractivity contribution in [2.24, 2.45) is 0 Å². The molecule has 2 aromatic carbocycles. The SMILES string of the molecule is COC(=O)C12NC1(c1ccccc1C(F)(F)F)OC(=O)C2c1ccccc1. The number of methoxy groups -OCH3 is 1. The molecular formula is C19H14F3NO4. The first-order valence-corrected chi connectivity index (χ1v) is 8.10. The zero-order valence-electron chi connectivity index (χ0n) is 14.0. The highest BCUT2D eigenvalue weighted by atomic mass is 19.4. The molecule has 2 saturated heterocycles. The number of carbonyl (C=O) groups excluding carboxylic acids is 2. The Kier molecular flexibility index (Phi) is 3.61. The van der Waals surface area contributed by atoms with Gasteiger partial charge >= 0.3 is 18.1 Å². The molecule has 0 aliphatic carbocycles. The van der Waals surface area contributed by atoms with Crippen molar-refractivity contribution in [3.63, 3.8) is 0 Å². The first-order valence-electron chi connectivity index (χ1n) is 8.10. The lowest BCUT2D eigenvalue weighted by atomic mass is 9.81. The van der Waals surface area contributed by atoms with Crippen LogP contribution in [-0.2, 0) is 31.0 Å². The summed E-state index contributed by atoms with van der Waals surface area (Å²) in [5.74, 6) is -2.78. The number of esters is 2. The van der Waals surface area contributed by atoms with Crippen LogP contribution in [0.25, 0.3) is 0 Å². The zero-order valence-corrected chi connectivity index (χ0v) is 14.0. The summed E-state index contributed by atoms with van der Waals surface area (Å²) >= 11 is 0. The minimum Gasteiger partial charge on any atom is -0.467 e. The molecule has 3 atom stereocenters. The van der Waals surface area contributed by atoms with E-state index in [-0.39, 0.29) is 5.56 Å². The molecule has 1 N–H and O–H groups in total. The van der Waals surface area contributed by atoms with E-state index in [0.29, 0.717) is 5.56 Å². The largest absolute Gasteiger partial charge is 0.467 e. The van der Waals surface area contributed by atoms with Gasteiger partial charge in [0.2, 0.25) is 5.72 Å². The molecule has 4 rings (SSSR count). The molecule has 0 bridgehead atoms. The molecule has 0 radical (unpaired) electrons. The van der Waals surface area contributed by atoms with Gasteiger partial charge in [-0.05, 0) is 11.6 Å². The minimum absolute atomic E-state index is 0.324. The van der Waals surface area contributed by atoms with Crippen LogP contribution in [0.3, 0.4) is 0 Å². The van der Waals surface area contributed by atoms with Crippen LogP contribution >= 0.6 is 0 Å². The van der Waals surface area contributed by atoms with Crippen molar-refractivity contribution in [1.29, 1.82) is 0 Å². The van der Waals surface area contributed by atoms with Crippen LogP contribution < -0.4 is 5.32 Å². The lowest BCUT2D eigenvalue weighted by Gasteiger charge is -2.19. The third-order valence-electron chi connectivity index (χ3n) is 5.04. The van der Waals surface area contributed by atoms with Crippen LogP contribution in [0.5, 0.6) is 0 Å². The number of halogens is 3. The van der Waals surface area contributed by atoms with Gasteiger partial charge < -0.3 is 9.47 Å². The predicted octanol–water partition coefficient (Wildman–Crippen LogP) is 2.71. The Labute approximate surface area is 152 Å². The summed E-state index contributed by atoms with van der Waals surface area (Å²) < 4.78 is 50.8. The Hall–Kier alpha value is -2.87. The van der Waals surface area contributed by atoms with Gasteiger partial charge in [0.1, 0.15) is 5.92 Å². The molecule has 27 heavy (non-hydrogen) atoms. The molecule has 2 heterocycles. The maximum Gasteiger partial charge on any atom is 0.416 e. The number of rotatable bonds is 3. The minimum atomic E-state index is -4.69. The molecule has 2 aliphatic heterocycles. The molecule has 2 aromatic rings. The normalized spacial score (nSPS) is 29.0. The van der Waals surface area contributed by atoms with Gasteiger partial charge in [-0.25, -0.2) is 4.79 Å². The third-order valence-corrected chi connectivity index (χ3v) is 5.04. The highest BCUT2D eigenvalue weighted by molar-refractivity contribution is 6.01. The number of hydrogen-bond acceptors (Lipinski definition) is 5. The van der Waals surface area contributed by atoms with Gasteiger partial charge in [0.05, 0.1) is 12.7 Å². The Bertz CT molecular complexity index is 930. The number of carbonyl (C=O) groups is 2. The van der Waals surface area contributed by atoms with E-state index in [9.17, 15) is 22.8 Å². The highest BCUT2D eigenvalue weighted by Crippen LogP contribution is 2.63. The van der Waals surface area contributed by atoms with Crippen molar-refractivity contribution >= 4 is 11.9 Å². The number of nitrogens with one attached hydrogen (secondary N) is 1. The topological polar surface area (TPSA) is 74.5 Å². The molecule has 3 unspecified atom stereocenters. The quantitative estimate of drug-likeness (QED) is 0.658. The maximum absolute atomic E-state index is 13.5. The molecule has 2 fully saturated rings. The van der Waals surface area contributed by atoms with E-state index < -0.39 is 40.9 Å². The number of alkyl halides is 3. The molecule has 0 spiro atoms. The van der Waals surface area contributed by atoms with E-state index in [1.54, 1.807) is 30.3 Å². The fourth-order valence-corrected chi connectivity index (χ4v) is 3.89. The average molecular weight is 377 g/mol. The molecule has 140 valence electrons. The molecule has 2 aliphatic rings. The van der Waals surface area contributed by atoms with Gasteiger partial charge in [-0.15, -0.1) is 0 Å². The van der Waals surface area contributed by atoms with Gasteiger partial charge in [0.15, 0.2) is 5.54 Å². The van der Waals surface area contributed by atoms with E-state index in [0.717, 1.165) is 13.2 Å². The summed E-state index contributed by atoms with van der Waals surface area (Å²) in [6.07, 6.45) is -4.69. The predicted molar refractivity (Wildman–Crippen MR) is 86.3 cm³/mol. The van der Waals surface area contributed by atoms with Crippen molar-refractivity contribution < 1.29 is 32.2 Å². The summed E-state index contributed by atoms with van der Waals surface area (Å²) in [5.41, 5.74) is -4.55. The first-order chi connectivity index (χ1) is 12.8. The number of ether oxygens (including phenoxy) is 2. The number of fused-ring (bicyclic) bond motifs is 1. The lowest BCUT2D eigenvalue weighted by Crippen LogP contribution is -2.38. The zero-order chi connectivity index (χ0) is 19.4. The van der Waals surface area contributed by atoms with Crippen LogP contribution in [-0.4, -0.2) is 24.6 Å². The first kappa shape index (κ1) is 17.5. The Balaban J connectivity index is 1.91. The van der Waals surface area contributed by atoms with Gasteiger partial charge in [0, 0.05) is 5.56 Å². The summed E-state index contributed by atoms with van der Waals surface area (Å²) in [6, 6.07) is 13.0. The van der Waals surface area contributed by atoms with Gasteiger partial charge in [-0.2, -0.15) is 13.2 Å². The van der Waals surface area contributed by atoms with Crippen molar-refractivity contribution in [3.8, 4) is 0 Å². The molecular weight excluding hydrogens is 363 g/mol. The van der Waals surface area contributed by atoms with E-state index in [1.807, 2.05) is 0 Å². The molecule has 0 saturated carbocycles. The third kappa shape index (κ3) is 2.22. The fourth-order valence-electron chi connectivity index (χ4n) is 3.89. The van der Waals surface area contributed by atoms with E-state index in [4.69, 9.17) is 9.47 Å². The van der Waals surface area contributed by atoms with Gasteiger partial charge in [-0.3, -0.25) is 10.1 Å². The summed E-state index contributed by atoms with van der Waals surface area (Å²) in [4.78, 5) is 25.3. The summed E-state index contributed by atoms with van der Waals surface area (Å²) in [7, 11) is 1.11. The molecule has 0 amide bonds. The van der Waals surface area contributed by atoms with Crippen LogP contribution in [0, 0.1) is 0 Å². The van der Waals surface area contributed by atoms with E-state index in [1.165, 1.54) is 18.2 Å². The Morgan fingerprint density at radius 3 is 2.37 bits per heavy atom. The number of benzene rings is 2. The number of hydrogen-bond donors (Lipinski definition) is 1. The maximum atomic E-state index is 13.5. The molecule has 5 nitrogen and oxygen atoms in total. The van der Waals surface area contributed by atoms with Crippen molar-refractivity contribution in [2.75, 3.05) is 7.11 Å². The van der Waals surface area contributed by atoms with E-state index in [2.05, 4.69) is 5.32 Å². The molecule has 8 heteroatoms. The lowest BCUT2D eigenvalue weighted by molar-refractivity contribution is -0.151. The van der Waals surface area contributed by atoms with Crippen LogP contribution in [0.15, 0.2) is 54.6 Å². The van der Waals surface area contributed by atoms with Gasteiger partial charge in [0.25, 0.3) is 0 Å². The van der Waals surface area contributed by atoms with Crippen LogP contribution in [0.2, 0.25) is 0 Å². The monoisotopic (exact) mass is 377 g/mol. The fraction of sp³-hybridized carbons (Fsp3) is 0.263. The van der Waals surface area contributed by atoms with Crippen molar-refractivity contribution in [3.05, 3.63) is 71.3 Å². The second-order valence-electron chi connectivity index (χ2n) is 6.41. The average Bonchev–Trinajstić information content (AvgIpc) is 3.23. The summed E-state index contributed by atoms with van der Waals surface area (Å²) in [5, 5.41) is 2.74. The second kappa shape index (κ2) is 5.56.